The van der Waals surface area contributed by atoms with Gasteiger partial charge in [0.1, 0.15) is 11.3 Å². The number of nitriles is 2. The Hall–Kier alpha value is -5.21. The van der Waals surface area contributed by atoms with Crippen LogP contribution in [-0.4, -0.2) is 22.4 Å². The van der Waals surface area contributed by atoms with Gasteiger partial charge in [0.05, 0.1) is 23.3 Å². The molecule has 0 atom stereocenters. The fourth-order valence-electron chi connectivity index (χ4n) is 4.18. The highest BCUT2D eigenvalue weighted by Gasteiger charge is 2.24. The number of nitrogens with one attached hydrogen (secondary N) is 2. The molecular formula is C31H26N6O2. The van der Waals surface area contributed by atoms with E-state index in [1.54, 1.807) is 36.4 Å². The minimum absolute atomic E-state index is 0.145. The van der Waals surface area contributed by atoms with Crippen molar-refractivity contribution in [2.45, 2.75) is 26.7 Å². The van der Waals surface area contributed by atoms with E-state index < -0.39 is 0 Å². The Morgan fingerprint density at radius 1 is 0.949 bits per heavy atom. The van der Waals surface area contributed by atoms with Gasteiger partial charge in [0.25, 0.3) is 5.91 Å². The van der Waals surface area contributed by atoms with Crippen LogP contribution in [0, 0.1) is 42.4 Å². The summed E-state index contributed by atoms with van der Waals surface area (Å²) in [5.74, 6) is 1.25. The van der Waals surface area contributed by atoms with E-state index in [1.165, 1.54) is 6.20 Å². The maximum absolute atomic E-state index is 13.0. The van der Waals surface area contributed by atoms with Crippen molar-refractivity contribution in [3.63, 3.8) is 0 Å². The molecule has 1 amide bonds. The molecule has 8 nitrogen and oxygen atoms in total. The first kappa shape index (κ1) is 25.4. The van der Waals surface area contributed by atoms with Crippen LogP contribution in [0.3, 0.4) is 0 Å². The normalized spacial score (nSPS) is 12.2. The summed E-state index contributed by atoms with van der Waals surface area (Å²) in [5, 5.41) is 24.2. The minimum Gasteiger partial charge on any atom is -0.437 e. The number of aryl methyl sites for hydroxylation is 2. The number of benzene rings is 3. The molecule has 3 aromatic carbocycles. The molecule has 0 radical (unpaired) electrons. The lowest BCUT2D eigenvalue weighted by molar-refractivity contribution is 0.0948. The van der Waals surface area contributed by atoms with Crippen molar-refractivity contribution < 1.29 is 9.53 Å². The Morgan fingerprint density at radius 3 is 2.15 bits per heavy atom. The molecule has 39 heavy (non-hydrogen) atoms. The van der Waals surface area contributed by atoms with Crippen LogP contribution in [0.4, 0.5) is 11.6 Å². The van der Waals surface area contributed by atoms with Crippen LogP contribution < -0.4 is 15.4 Å². The van der Waals surface area contributed by atoms with E-state index >= 15 is 0 Å². The molecule has 1 heterocycles. The molecule has 1 aliphatic rings. The van der Waals surface area contributed by atoms with Gasteiger partial charge < -0.3 is 15.4 Å². The summed E-state index contributed by atoms with van der Waals surface area (Å²) in [6, 6.07) is 22.6. The van der Waals surface area contributed by atoms with Crippen molar-refractivity contribution in [1.82, 2.24) is 15.3 Å². The summed E-state index contributed by atoms with van der Waals surface area (Å²) in [4.78, 5) is 21.9. The highest BCUT2D eigenvalue weighted by Crippen LogP contribution is 2.35. The van der Waals surface area contributed by atoms with Gasteiger partial charge in [-0.2, -0.15) is 15.5 Å². The van der Waals surface area contributed by atoms with Gasteiger partial charge in [0.15, 0.2) is 0 Å². The lowest BCUT2D eigenvalue weighted by atomic mass is 9.99. The molecule has 0 bridgehead atoms. The molecule has 2 N–H and O–H groups in total. The molecule has 1 aromatic heterocycles. The number of hydrogen-bond acceptors (Lipinski definition) is 7. The number of carbonyl (C=O) groups is 1. The van der Waals surface area contributed by atoms with E-state index in [2.05, 4.69) is 32.7 Å². The van der Waals surface area contributed by atoms with Gasteiger partial charge in [-0.1, -0.05) is 12.1 Å². The lowest BCUT2D eigenvalue weighted by Gasteiger charge is -2.16. The predicted molar refractivity (Wildman–Crippen MR) is 148 cm³/mol. The van der Waals surface area contributed by atoms with Gasteiger partial charge in [-0.3, -0.25) is 4.79 Å². The number of hydrogen-bond donors (Lipinski definition) is 2. The number of amides is 1. The maximum atomic E-state index is 13.0. The first-order valence-electron chi connectivity index (χ1n) is 12.7. The third-order valence-electron chi connectivity index (χ3n) is 6.52. The van der Waals surface area contributed by atoms with Crippen LogP contribution in [0.5, 0.6) is 11.6 Å². The third-order valence-corrected chi connectivity index (χ3v) is 6.52. The SMILES string of the molecule is Cc1cc(-c2ccc(C#N)cc2)cc(C)c1Oc1nc(Nc2ccc(C#N)cc2)ncc1C(=O)NCC1CC1. The molecule has 0 unspecified atom stereocenters. The fourth-order valence-corrected chi connectivity index (χ4v) is 4.18. The molecule has 8 heteroatoms. The van der Waals surface area contributed by atoms with Crippen LogP contribution in [0.15, 0.2) is 66.9 Å². The van der Waals surface area contributed by atoms with Gasteiger partial charge in [-0.25, -0.2) is 4.98 Å². The summed E-state index contributed by atoms with van der Waals surface area (Å²) in [6.45, 7) is 4.50. The zero-order valence-corrected chi connectivity index (χ0v) is 21.7. The van der Waals surface area contributed by atoms with Crippen molar-refractivity contribution in [3.05, 3.63) is 94.7 Å². The molecule has 1 fully saturated rings. The molecule has 4 aromatic rings. The van der Waals surface area contributed by atoms with E-state index in [0.29, 0.717) is 35.0 Å². The molecule has 1 saturated carbocycles. The zero-order chi connectivity index (χ0) is 27.4. The average molecular weight is 515 g/mol. The number of ether oxygens (including phenoxy) is 1. The minimum atomic E-state index is -0.286. The summed E-state index contributed by atoms with van der Waals surface area (Å²) < 4.78 is 6.32. The average Bonchev–Trinajstić information content (AvgIpc) is 3.79. The highest BCUT2D eigenvalue weighted by molar-refractivity contribution is 5.96. The van der Waals surface area contributed by atoms with Crippen molar-refractivity contribution in [2.75, 3.05) is 11.9 Å². The highest BCUT2D eigenvalue weighted by atomic mass is 16.5. The zero-order valence-electron chi connectivity index (χ0n) is 21.7. The van der Waals surface area contributed by atoms with Crippen molar-refractivity contribution in [2.24, 2.45) is 5.92 Å². The number of carbonyl (C=O) groups excluding carboxylic acids is 1. The summed E-state index contributed by atoms with van der Waals surface area (Å²) in [7, 11) is 0. The summed E-state index contributed by atoms with van der Waals surface area (Å²) >= 11 is 0. The van der Waals surface area contributed by atoms with Gasteiger partial charge in [0, 0.05) is 18.4 Å². The molecule has 0 aliphatic heterocycles. The van der Waals surface area contributed by atoms with Crippen molar-refractivity contribution >= 4 is 17.5 Å². The lowest BCUT2D eigenvalue weighted by Crippen LogP contribution is -2.26. The number of anilines is 2. The van der Waals surface area contributed by atoms with Crippen LogP contribution in [0.2, 0.25) is 0 Å². The smallest absolute Gasteiger partial charge is 0.258 e. The Morgan fingerprint density at radius 2 is 1.56 bits per heavy atom. The summed E-state index contributed by atoms with van der Waals surface area (Å²) in [5.41, 5.74) is 5.83. The van der Waals surface area contributed by atoms with E-state index in [1.807, 2.05) is 38.1 Å². The second kappa shape index (κ2) is 11.0. The predicted octanol–water partition coefficient (Wildman–Crippen LogP) is 6.18. The molecule has 1 aliphatic carbocycles. The second-order valence-corrected chi connectivity index (χ2v) is 9.61. The molecule has 0 saturated heterocycles. The van der Waals surface area contributed by atoms with Gasteiger partial charge in [0.2, 0.25) is 11.8 Å². The van der Waals surface area contributed by atoms with Crippen LogP contribution >= 0.6 is 0 Å². The number of rotatable bonds is 8. The van der Waals surface area contributed by atoms with E-state index in [-0.39, 0.29) is 23.3 Å². The number of aromatic nitrogens is 2. The summed E-state index contributed by atoms with van der Waals surface area (Å²) in [6.07, 6.45) is 3.71. The van der Waals surface area contributed by atoms with E-state index in [9.17, 15) is 4.79 Å². The van der Waals surface area contributed by atoms with Gasteiger partial charge >= 0.3 is 0 Å². The third kappa shape index (κ3) is 6.03. The van der Waals surface area contributed by atoms with Crippen LogP contribution in [0.25, 0.3) is 11.1 Å². The quantitative estimate of drug-likeness (QED) is 0.288. The Kier molecular flexibility index (Phi) is 7.20. The number of nitrogens with zero attached hydrogens (tertiary/aromatic N) is 4. The van der Waals surface area contributed by atoms with Crippen molar-refractivity contribution in [1.29, 1.82) is 10.5 Å². The van der Waals surface area contributed by atoms with Crippen LogP contribution in [-0.2, 0) is 0 Å². The first-order valence-corrected chi connectivity index (χ1v) is 12.7. The standard InChI is InChI=1S/C31H26N6O2/c1-19-13-25(24-9-5-21(15-32)6-10-24)14-20(2)28(19)39-30-27(29(38)34-17-23-3-4-23)18-35-31(37-30)36-26-11-7-22(16-33)8-12-26/h5-14,18,23H,3-4,17H2,1-2H3,(H,34,38)(H,35,36,37). The largest absolute Gasteiger partial charge is 0.437 e. The topological polar surface area (TPSA) is 124 Å². The Labute approximate surface area is 226 Å². The van der Waals surface area contributed by atoms with E-state index in [4.69, 9.17) is 15.3 Å². The molecule has 5 rings (SSSR count). The molecule has 192 valence electrons. The first-order chi connectivity index (χ1) is 18.9. The monoisotopic (exact) mass is 514 g/mol. The van der Waals surface area contributed by atoms with Crippen molar-refractivity contribution in [3.8, 4) is 34.9 Å². The molecule has 0 spiro atoms. The Balaban J connectivity index is 1.46. The van der Waals surface area contributed by atoms with Gasteiger partial charge in [-0.05, 0) is 103 Å². The van der Waals surface area contributed by atoms with Crippen LogP contribution in [0.1, 0.15) is 45.5 Å². The Bertz CT molecular complexity index is 1590. The van der Waals surface area contributed by atoms with Gasteiger partial charge in [-0.15, -0.1) is 0 Å². The molecular weight excluding hydrogens is 488 g/mol. The second-order valence-electron chi connectivity index (χ2n) is 9.61. The fraction of sp³-hybridized carbons (Fsp3) is 0.194. The maximum Gasteiger partial charge on any atom is 0.258 e. The van der Waals surface area contributed by atoms with E-state index in [0.717, 1.165) is 35.1 Å².